The summed E-state index contributed by atoms with van der Waals surface area (Å²) in [5, 5.41) is 8.05. The van der Waals surface area contributed by atoms with Gasteiger partial charge >= 0.3 is 0 Å². The summed E-state index contributed by atoms with van der Waals surface area (Å²) in [5.74, 6) is 0.512. The molecule has 26 heavy (non-hydrogen) atoms. The van der Waals surface area contributed by atoms with Crippen molar-refractivity contribution in [3.8, 4) is 11.5 Å². The number of nitrogens with zero attached hydrogens (tertiary/aromatic N) is 3. The summed E-state index contributed by atoms with van der Waals surface area (Å²) < 4.78 is 12.5. The van der Waals surface area contributed by atoms with E-state index in [4.69, 9.17) is 8.94 Å². The number of hydrogen-bond donors (Lipinski definition) is 1. The average Bonchev–Trinajstić information content (AvgIpc) is 3.38. The Bertz CT molecular complexity index is 1250. The number of furan rings is 1. The highest BCUT2D eigenvalue weighted by molar-refractivity contribution is 7.24. The zero-order valence-corrected chi connectivity index (χ0v) is 15.0. The predicted octanol–water partition coefficient (Wildman–Crippen LogP) is 4.71. The molecule has 0 atom stereocenters. The summed E-state index contributed by atoms with van der Waals surface area (Å²) >= 11 is 3.03. The summed E-state index contributed by atoms with van der Waals surface area (Å²) in [7, 11) is 0. The molecule has 1 N–H and O–H groups in total. The van der Waals surface area contributed by atoms with Crippen LogP contribution in [0.1, 0.15) is 15.5 Å². The third-order valence-corrected chi connectivity index (χ3v) is 5.68. The number of benzene rings is 1. The number of carbonyl (C=O) groups excluding carboxylic acids is 1. The van der Waals surface area contributed by atoms with Gasteiger partial charge in [0.15, 0.2) is 16.6 Å². The van der Waals surface area contributed by atoms with Gasteiger partial charge in [-0.15, -0.1) is 11.3 Å². The molecule has 4 heterocycles. The Morgan fingerprint density at radius 1 is 1.15 bits per heavy atom. The Morgan fingerprint density at radius 2 is 2.08 bits per heavy atom. The van der Waals surface area contributed by atoms with Crippen LogP contribution in [0.25, 0.3) is 32.0 Å². The highest BCUT2D eigenvalue weighted by Gasteiger charge is 2.18. The maximum atomic E-state index is 12.4. The summed E-state index contributed by atoms with van der Waals surface area (Å²) in [5.41, 5.74) is 1.88. The van der Waals surface area contributed by atoms with Crippen LogP contribution in [-0.4, -0.2) is 21.0 Å². The number of thiazole rings is 2. The first-order valence-corrected chi connectivity index (χ1v) is 9.29. The van der Waals surface area contributed by atoms with Gasteiger partial charge in [0.05, 0.1) is 26.2 Å². The van der Waals surface area contributed by atoms with Crippen molar-refractivity contribution in [3.05, 3.63) is 47.3 Å². The van der Waals surface area contributed by atoms with Crippen LogP contribution in [0.3, 0.4) is 0 Å². The number of rotatable bonds is 3. The van der Waals surface area contributed by atoms with E-state index < -0.39 is 5.91 Å². The van der Waals surface area contributed by atoms with Crippen molar-refractivity contribution in [2.45, 2.75) is 6.92 Å². The molecule has 1 amide bonds. The molecular formula is C17H10N4O3S2. The Morgan fingerprint density at radius 3 is 2.92 bits per heavy atom. The van der Waals surface area contributed by atoms with Gasteiger partial charge in [0.2, 0.25) is 5.76 Å². The second-order valence-electron chi connectivity index (χ2n) is 5.52. The summed E-state index contributed by atoms with van der Waals surface area (Å²) in [6.07, 6.45) is 1.53. The molecule has 0 unspecified atom stereocenters. The lowest BCUT2D eigenvalue weighted by molar-refractivity contribution is 0.101. The number of amides is 1. The largest absolute Gasteiger partial charge is 0.461 e. The van der Waals surface area contributed by atoms with Crippen LogP contribution < -0.4 is 5.32 Å². The van der Waals surface area contributed by atoms with E-state index >= 15 is 0 Å². The van der Waals surface area contributed by atoms with Gasteiger partial charge < -0.3 is 8.94 Å². The van der Waals surface area contributed by atoms with Gasteiger partial charge in [-0.3, -0.25) is 10.1 Å². The average molecular weight is 382 g/mol. The number of nitrogens with one attached hydrogen (secondary N) is 1. The van der Waals surface area contributed by atoms with Crippen molar-refractivity contribution < 1.29 is 13.7 Å². The Hall–Kier alpha value is -3.04. The molecule has 0 aliphatic heterocycles. The van der Waals surface area contributed by atoms with Crippen LogP contribution in [0.15, 0.2) is 45.5 Å². The van der Waals surface area contributed by atoms with Crippen molar-refractivity contribution in [2.75, 3.05) is 5.32 Å². The van der Waals surface area contributed by atoms with E-state index in [-0.39, 0.29) is 5.69 Å². The smallest absolute Gasteiger partial charge is 0.279 e. The maximum absolute atomic E-state index is 12.4. The van der Waals surface area contributed by atoms with Crippen molar-refractivity contribution in [3.63, 3.8) is 0 Å². The zero-order valence-electron chi connectivity index (χ0n) is 13.3. The topological polar surface area (TPSA) is 94.1 Å². The van der Waals surface area contributed by atoms with Gasteiger partial charge in [0, 0.05) is 6.07 Å². The Labute approximate surface area is 154 Å². The lowest BCUT2D eigenvalue weighted by Gasteiger charge is -1.95. The van der Waals surface area contributed by atoms with Gasteiger partial charge in [-0.1, -0.05) is 16.5 Å². The quantitative estimate of drug-likeness (QED) is 0.485. The van der Waals surface area contributed by atoms with Crippen LogP contribution in [0, 0.1) is 6.92 Å². The van der Waals surface area contributed by atoms with Gasteiger partial charge in [-0.25, -0.2) is 9.97 Å². The zero-order chi connectivity index (χ0) is 17.7. The van der Waals surface area contributed by atoms with Gasteiger partial charge in [-0.2, -0.15) is 0 Å². The third kappa shape index (κ3) is 2.49. The molecule has 0 radical (unpaired) electrons. The number of fused-ring (bicyclic) bond motifs is 3. The molecule has 5 rings (SSSR count). The van der Waals surface area contributed by atoms with E-state index in [0.29, 0.717) is 16.7 Å². The third-order valence-electron chi connectivity index (χ3n) is 3.75. The fourth-order valence-corrected chi connectivity index (χ4v) is 4.47. The second-order valence-corrected chi connectivity index (χ2v) is 7.75. The maximum Gasteiger partial charge on any atom is 0.279 e. The molecular weight excluding hydrogens is 372 g/mol. The number of aryl methyl sites for hydroxylation is 1. The molecule has 128 valence electrons. The molecule has 0 bridgehead atoms. The molecule has 0 spiro atoms. The normalized spacial score (nSPS) is 11.4. The van der Waals surface area contributed by atoms with E-state index in [1.165, 1.54) is 23.7 Å². The minimum absolute atomic E-state index is 0.158. The van der Waals surface area contributed by atoms with Crippen LogP contribution >= 0.6 is 22.7 Å². The lowest BCUT2D eigenvalue weighted by atomic mass is 10.3. The summed E-state index contributed by atoms with van der Waals surface area (Å²) in [6, 6.07) is 8.94. The minimum atomic E-state index is -0.392. The fourth-order valence-electron chi connectivity index (χ4n) is 2.62. The van der Waals surface area contributed by atoms with Crippen molar-refractivity contribution in [1.82, 2.24) is 15.1 Å². The van der Waals surface area contributed by atoms with E-state index in [1.807, 2.05) is 19.1 Å². The molecule has 0 aliphatic rings. The molecule has 5 aromatic rings. The summed E-state index contributed by atoms with van der Waals surface area (Å²) in [6.45, 7) is 1.97. The van der Waals surface area contributed by atoms with Crippen LogP contribution in [-0.2, 0) is 0 Å². The fraction of sp³-hybridized carbons (Fsp3) is 0.0588. The molecule has 4 aromatic heterocycles. The first-order chi connectivity index (χ1) is 12.7. The SMILES string of the molecule is Cc1nc2c(ccc3nc(NC(=O)c4cc(-c5ccco5)on4)sc32)s1. The number of aromatic nitrogens is 3. The van der Waals surface area contributed by atoms with Crippen molar-refractivity contribution in [2.24, 2.45) is 0 Å². The van der Waals surface area contributed by atoms with E-state index in [2.05, 4.69) is 20.4 Å². The van der Waals surface area contributed by atoms with Crippen LogP contribution in [0.4, 0.5) is 5.13 Å². The van der Waals surface area contributed by atoms with E-state index in [9.17, 15) is 4.79 Å². The standard InChI is InChI=1S/C17H10N4O3S2/c1-8-18-14-13(25-8)5-4-9-15(14)26-17(19-9)20-16(22)10-7-12(24-21-10)11-3-2-6-23-11/h2-7H,1H3,(H,19,20,22). The Balaban J connectivity index is 1.45. The van der Waals surface area contributed by atoms with Crippen LogP contribution in [0.2, 0.25) is 0 Å². The molecule has 7 nitrogen and oxygen atoms in total. The summed E-state index contributed by atoms with van der Waals surface area (Å²) in [4.78, 5) is 21.5. The molecule has 0 fully saturated rings. The number of hydrogen-bond acceptors (Lipinski definition) is 8. The molecule has 0 saturated carbocycles. The number of anilines is 1. The van der Waals surface area contributed by atoms with E-state index in [1.54, 1.807) is 23.5 Å². The van der Waals surface area contributed by atoms with Crippen molar-refractivity contribution >= 4 is 54.1 Å². The molecule has 1 aromatic carbocycles. The molecule has 0 aliphatic carbocycles. The highest BCUT2D eigenvalue weighted by Crippen LogP contribution is 2.34. The first-order valence-electron chi connectivity index (χ1n) is 7.66. The molecule has 9 heteroatoms. The number of carbonyl (C=O) groups is 1. The van der Waals surface area contributed by atoms with Crippen LogP contribution in [0.5, 0.6) is 0 Å². The van der Waals surface area contributed by atoms with Gasteiger partial charge in [-0.05, 0) is 31.2 Å². The highest BCUT2D eigenvalue weighted by atomic mass is 32.1. The second kappa shape index (κ2) is 5.75. The van der Waals surface area contributed by atoms with E-state index in [0.717, 1.165) is 25.4 Å². The molecule has 0 saturated heterocycles. The Kier molecular flexibility index (Phi) is 3.37. The minimum Gasteiger partial charge on any atom is -0.461 e. The lowest BCUT2D eigenvalue weighted by Crippen LogP contribution is -2.11. The van der Waals surface area contributed by atoms with Crippen molar-refractivity contribution in [1.29, 1.82) is 0 Å². The predicted molar refractivity (Wildman–Crippen MR) is 99.7 cm³/mol. The van der Waals surface area contributed by atoms with Gasteiger partial charge in [0.25, 0.3) is 5.91 Å². The monoisotopic (exact) mass is 382 g/mol. The van der Waals surface area contributed by atoms with Gasteiger partial charge in [0.1, 0.15) is 5.52 Å². The first kappa shape index (κ1) is 15.2.